The van der Waals surface area contributed by atoms with E-state index in [9.17, 15) is 0 Å². The van der Waals surface area contributed by atoms with E-state index in [1.54, 1.807) is 0 Å². The summed E-state index contributed by atoms with van der Waals surface area (Å²) >= 11 is 1.82. The van der Waals surface area contributed by atoms with Crippen molar-refractivity contribution in [3.05, 3.63) is 40.2 Å². The van der Waals surface area contributed by atoms with Crippen LogP contribution in [-0.4, -0.2) is 60.2 Å². The van der Waals surface area contributed by atoms with Gasteiger partial charge in [0.05, 0.1) is 25.5 Å². The van der Waals surface area contributed by atoms with E-state index in [0.29, 0.717) is 12.5 Å². The number of aromatic nitrogens is 2. The van der Waals surface area contributed by atoms with Crippen molar-refractivity contribution in [3.63, 3.8) is 0 Å². The predicted octanol–water partition coefficient (Wildman–Crippen LogP) is 2.57. The molecule has 0 bridgehead atoms. The van der Waals surface area contributed by atoms with Crippen LogP contribution in [0.15, 0.2) is 29.6 Å². The highest BCUT2D eigenvalue weighted by Crippen LogP contribution is 2.33. The molecular weight excluding hydrogens is 348 g/mol. The van der Waals surface area contributed by atoms with Gasteiger partial charge in [-0.05, 0) is 36.9 Å². The van der Waals surface area contributed by atoms with Crippen LogP contribution in [0.1, 0.15) is 17.0 Å². The van der Waals surface area contributed by atoms with Crippen LogP contribution in [0.4, 0.5) is 5.82 Å². The van der Waals surface area contributed by atoms with Crippen LogP contribution in [0.3, 0.4) is 0 Å². The molecule has 1 N–H and O–H groups in total. The molecule has 2 aromatic rings. The standard InChI is InChI=1S/C19H26N4O2S/c1-15-4-5-18(22-21-15)20-10-16-9-19(25-12-16)13-23(6-7-24-14-19)11-17-3-2-8-26-17/h2-5,8,16H,6-7,9-14H2,1H3,(H,20,22)/t16-,19-/m0/s1. The summed E-state index contributed by atoms with van der Waals surface area (Å²) in [6.07, 6.45) is 1.01. The molecule has 2 atom stereocenters. The number of thiophene rings is 1. The molecule has 2 aromatic heterocycles. The second kappa shape index (κ2) is 8.00. The molecule has 1 spiro atoms. The van der Waals surface area contributed by atoms with Crippen LogP contribution < -0.4 is 5.32 Å². The lowest BCUT2D eigenvalue weighted by atomic mass is 9.94. The monoisotopic (exact) mass is 374 g/mol. The van der Waals surface area contributed by atoms with Gasteiger partial charge in [0.25, 0.3) is 0 Å². The first kappa shape index (κ1) is 17.9. The summed E-state index contributed by atoms with van der Waals surface area (Å²) in [6.45, 7) is 7.91. The molecule has 2 fully saturated rings. The lowest BCUT2D eigenvalue weighted by Crippen LogP contribution is -2.43. The minimum absolute atomic E-state index is 0.181. The summed E-state index contributed by atoms with van der Waals surface area (Å²) in [5.41, 5.74) is 0.749. The number of aryl methyl sites for hydroxylation is 1. The molecule has 2 saturated heterocycles. The van der Waals surface area contributed by atoms with E-state index >= 15 is 0 Å². The summed E-state index contributed by atoms with van der Waals surface area (Å²) in [7, 11) is 0. The van der Waals surface area contributed by atoms with E-state index in [1.807, 2.05) is 30.4 Å². The fraction of sp³-hybridized carbons (Fsp3) is 0.579. The van der Waals surface area contributed by atoms with Crippen molar-refractivity contribution in [2.75, 3.05) is 44.8 Å². The van der Waals surface area contributed by atoms with Crippen molar-refractivity contribution in [2.45, 2.75) is 25.5 Å². The highest BCUT2D eigenvalue weighted by Gasteiger charge is 2.43. The highest BCUT2D eigenvalue weighted by atomic mass is 32.1. The number of rotatable bonds is 5. The summed E-state index contributed by atoms with van der Waals surface area (Å²) < 4.78 is 12.2. The van der Waals surface area contributed by atoms with Crippen LogP contribution in [0.5, 0.6) is 0 Å². The van der Waals surface area contributed by atoms with Gasteiger partial charge >= 0.3 is 0 Å². The van der Waals surface area contributed by atoms with Crippen molar-refractivity contribution >= 4 is 17.2 Å². The molecule has 4 rings (SSSR count). The Morgan fingerprint density at radius 1 is 1.35 bits per heavy atom. The summed E-state index contributed by atoms with van der Waals surface area (Å²) in [5.74, 6) is 1.29. The van der Waals surface area contributed by atoms with Gasteiger partial charge in [-0.3, -0.25) is 4.90 Å². The lowest BCUT2D eigenvalue weighted by Gasteiger charge is -2.31. The third-order valence-electron chi connectivity index (χ3n) is 5.04. The molecule has 0 unspecified atom stereocenters. The SMILES string of the molecule is Cc1ccc(NC[C@H]2CO[C@@]3(COCCN(Cc4cccs4)C3)C2)nn1. The maximum atomic E-state index is 6.29. The van der Waals surface area contributed by atoms with Crippen LogP contribution >= 0.6 is 11.3 Å². The predicted molar refractivity (Wildman–Crippen MR) is 102 cm³/mol. The molecular formula is C19H26N4O2S. The van der Waals surface area contributed by atoms with Gasteiger partial charge in [-0.2, -0.15) is 5.10 Å². The van der Waals surface area contributed by atoms with Gasteiger partial charge in [-0.15, -0.1) is 16.4 Å². The molecule has 6 nitrogen and oxygen atoms in total. The Kier molecular flexibility index (Phi) is 5.49. The van der Waals surface area contributed by atoms with Crippen molar-refractivity contribution in [1.82, 2.24) is 15.1 Å². The van der Waals surface area contributed by atoms with Gasteiger partial charge in [0.2, 0.25) is 0 Å². The van der Waals surface area contributed by atoms with Gasteiger partial charge < -0.3 is 14.8 Å². The number of nitrogens with zero attached hydrogens (tertiary/aromatic N) is 3. The molecule has 7 heteroatoms. The lowest BCUT2D eigenvalue weighted by molar-refractivity contribution is -0.0561. The molecule has 0 radical (unpaired) electrons. The number of ether oxygens (including phenoxy) is 2. The van der Waals surface area contributed by atoms with Gasteiger partial charge in [-0.1, -0.05) is 6.07 Å². The number of nitrogens with one attached hydrogen (secondary N) is 1. The normalized spacial score (nSPS) is 26.9. The third-order valence-corrected chi connectivity index (χ3v) is 5.91. The fourth-order valence-corrected chi connectivity index (χ4v) is 4.51. The quantitative estimate of drug-likeness (QED) is 0.868. The molecule has 2 aliphatic heterocycles. The maximum Gasteiger partial charge on any atom is 0.148 e. The van der Waals surface area contributed by atoms with E-state index in [1.165, 1.54) is 4.88 Å². The fourth-order valence-electron chi connectivity index (χ4n) is 3.76. The summed E-state index contributed by atoms with van der Waals surface area (Å²) in [4.78, 5) is 3.87. The first-order valence-electron chi connectivity index (χ1n) is 9.21. The Balaban J connectivity index is 1.33. The van der Waals surface area contributed by atoms with Crippen LogP contribution in [0.25, 0.3) is 0 Å². The highest BCUT2D eigenvalue weighted by molar-refractivity contribution is 7.09. The zero-order chi connectivity index (χ0) is 17.8. The smallest absolute Gasteiger partial charge is 0.148 e. The van der Waals surface area contributed by atoms with Crippen molar-refractivity contribution in [1.29, 1.82) is 0 Å². The second-order valence-corrected chi connectivity index (χ2v) is 8.38. The Morgan fingerprint density at radius 2 is 2.31 bits per heavy atom. The number of hydrogen-bond acceptors (Lipinski definition) is 7. The zero-order valence-corrected chi connectivity index (χ0v) is 16.0. The van der Waals surface area contributed by atoms with E-state index in [2.05, 4.69) is 37.9 Å². The zero-order valence-electron chi connectivity index (χ0n) is 15.2. The third kappa shape index (κ3) is 4.40. The second-order valence-electron chi connectivity index (χ2n) is 7.35. The van der Waals surface area contributed by atoms with Crippen molar-refractivity contribution in [2.24, 2.45) is 5.92 Å². The van der Waals surface area contributed by atoms with Crippen LogP contribution in [0.2, 0.25) is 0 Å². The first-order valence-corrected chi connectivity index (χ1v) is 10.1. The Labute approximate surface area is 158 Å². The molecule has 26 heavy (non-hydrogen) atoms. The summed E-state index contributed by atoms with van der Waals surface area (Å²) in [5, 5.41) is 13.8. The largest absolute Gasteiger partial charge is 0.377 e. The van der Waals surface area contributed by atoms with Crippen LogP contribution in [0, 0.1) is 12.8 Å². The van der Waals surface area contributed by atoms with Crippen molar-refractivity contribution in [3.8, 4) is 0 Å². The van der Waals surface area contributed by atoms with Crippen LogP contribution in [-0.2, 0) is 16.0 Å². The van der Waals surface area contributed by atoms with E-state index in [0.717, 1.165) is 57.3 Å². The van der Waals surface area contributed by atoms with Crippen molar-refractivity contribution < 1.29 is 9.47 Å². The first-order chi connectivity index (χ1) is 12.7. The van der Waals surface area contributed by atoms with Gasteiger partial charge in [0.15, 0.2) is 0 Å². The van der Waals surface area contributed by atoms with Gasteiger partial charge in [0, 0.05) is 37.0 Å². The minimum Gasteiger partial charge on any atom is -0.377 e. The molecule has 0 amide bonds. The number of hydrogen-bond donors (Lipinski definition) is 1. The molecule has 140 valence electrons. The molecule has 4 heterocycles. The minimum atomic E-state index is -0.181. The average Bonchev–Trinajstić information content (AvgIpc) is 3.24. The maximum absolute atomic E-state index is 6.29. The molecule has 0 saturated carbocycles. The Hall–Kier alpha value is -1.54. The van der Waals surface area contributed by atoms with Gasteiger partial charge in [-0.25, -0.2) is 0 Å². The molecule has 0 aromatic carbocycles. The van der Waals surface area contributed by atoms with E-state index in [4.69, 9.17) is 9.47 Å². The topological polar surface area (TPSA) is 59.5 Å². The molecule has 2 aliphatic rings. The van der Waals surface area contributed by atoms with E-state index in [-0.39, 0.29) is 5.60 Å². The van der Waals surface area contributed by atoms with Gasteiger partial charge in [0.1, 0.15) is 11.4 Å². The Morgan fingerprint density at radius 3 is 3.12 bits per heavy atom. The molecule has 0 aliphatic carbocycles. The van der Waals surface area contributed by atoms with E-state index < -0.39 is 0 Å². The summed E-state index contributed by atoms with van der Waals surface area (Å²) in [6, 6.07) is 8.27. The average molecular weight is 375 g/mol. The number of anilines is 1. The Bertz CT molecular complexity index is 694.